The maximum Gasteiger partial charge on any atom is 0.305 e. The third kappa shape index (κ3) is 4.15. The minimum atomic E-state index is -0.839. The fraction of sp³-hybridized carbons (Fsp3) is 0.250. The Bertz CT molecular complexity index is 884. The van der Waals surface area contributed by atoms with Crippen molar-refractivity contribution in [1.82, 2.24) is 9.97 Å². The van der Waals surface area contributed by atoms with E-state index < -0.39 is 5.97 Å². The summed E-state index contributed by atoms with van der Waals surface area (Å²) in [4.78, 5) is 22.5. The van der Waals surface area contributed by atoms with Gasteiger partial charge in [-0.1, -0.05) is 42.5 Å². The van der Waals surface area contributed by atoms with E-state index in [1.165, 1.54) is 0 Å². The molecule has 0 radical (unpaired) electrons. The van der Waals surface area contributed by atoms with Gasteiger partial charge in [-0.15, -0.1) is 0 Å². The monoisotopic (exact) mass is 351 g/mol. The second-order valence-corrected chi connectivity index (χ2v) is 5.88. The molecule has 26 heavy (non-hydrogen) atoms. The molecule has 0 atom stereocenters. The zero-order valence-electron chi connectivity index (χ0n) is 14.6. The van der Waals surface area contributed by atoms with Crippen LogP contribution in [-0.2, 0) is 9.53 Å². The SMILES string of the molecule is COCCN(CCC(=O)O)c1nc(-c2ccccc2)nc2ccccc12. The molecule has 2 aromatic carbocycles. The Kier molecular flexibility index (Phi) is 5.76. The number of aromatic nitrogens is 2. The Labute approximate surface area is 152 Å². The van der Waals surface area contributed by atoms with Crippen LogP contribution in [0.25, 0.3) is 22.3 Å². The number of carboxylic acid groups (broad SMARTS) is 1. The highest BCUT2D eigenvalue weighted by Crippen LogP contribution is 2.27. The van der Waals surface area contributed by atoms with Gasteiger partial charge in [0, 0.05) is 31.1 Å². The molecule has 6 nitrogen and oxygen atoms in total. The lowest BCUT2D eigenvalue weighted by atomic mass is 10.1. The lowest BCUT2D eigenvalue weighted by Gasteiger charge is -2.24. The number of nitrogens with zero attached hydrogens (tertiary/aromatic N) is 3. The van der Waals surface area contributed by atoms with Gasteiger partial charge < -0.3 is 14.7 Å². The molecule has 3 aromatic rings. The average Bonchev–Trinajstić information content (AvgIpc) is 2.68. The van der Waals surface area contributed by atoms with Gasteiger partial charge in [0.25, 0.3) is 0 Å². The van der Waals surface area contributed by atoms with Crippen LogP contribution in [0.15, 0.2) is 54.6 Å². The van der Waals surface area contributed by atoms with Crippen LogP contribution >= 0.6 is 0 Å². The molecule has 6 heteroatoms. The minimum Gasteiger partial charge on any atom is -0.481 e. The summed E-state index contributed by atoms with van der Waals surface area (Å²) in [5.74, 6) is 0.513. The molecule has 0 saturated heterocycles. The standard InChI is InChI=1S/C20H21N3O3/c1-26-14-13-23(12-11-18(24)25)20-16-9-5-6-10-17(16)21-19(22-20)15-7-3-2-4-8-15/h2-10H,11-14H2,1H3,(H,24,25). The molecule has 0 saturated carbocycles. The molecular weight excluding hydrogens is 330 g/mol. The van der Waals surface area contributed by atoms with Crippen molar-refractivity contribution in [2.75, 3.05) is 31.7 Å². The second-order valence-electron chi connectivity index (χ2n) is 5.88. The quantitative estimate of drug-likeness (QED) is 0.671. The van der Waals surface area contributed by atoms with Gasteiger partial charge in [0.1, 0.15) is 5.82 Å². The average molecular weight is 351 g/mol. The van der Waals surface area contributed by atoms with Crippen LogP contribution in [0, 0.1) is 0 Å². The molecule has 0 spiro atoms. The smallest absolute Gasteiger partial charge is 0.305 e. The van der Waals surface area contributed by atoms with Crippen molar-refractivity contribution in [1.29, 1.82) is 0 Å². The largest absolute Gasteiger partial charge is 0.481 e. The number of methoxy groups -OCH3 is 1. The molecule has 0 aliphatic rings. The molecule has 1 N–H and O–H groups in total. The number of carboxylic acids is 1. The highest BCUT2D eigenvalue weighted by Gasteiger charge is 2.16. The Morgan fingerprint density at radius 1 is 1.04 bits per heavy atom. The van der Waals surface area contributed by atoms with Crippen molar-refractivity contribution in [3.63, 3.8) is 0 Å². The van der Waals surface area contributed by atoms with Gasteiger partial charge in [-0.2, -0.15) is 0 Å². The lowest BCUT2D eigenvalue weighted by Crippen LogP contribution is -2.30. The summed E-state index contributed by atoms with van der Waals surface area (Å²) in [6.45, 7) is 1.39. The summed E-state index contributed by atoms with van der Waals surface area (Å²) in [6, 6.07) is 17.5. The molecule has 1 aromatic heterocycles. The number of aliphatic carboxylic acids is 1. The van der Waals surface area contributed by atoms with Crippen LogP contribution < -0.4 is 4.90 Å². The number of hydrogen-bond donors (Lipinski definition) is 1. The maximum atomic E-state index is 11.1. The molecule has 0 unspecified atom stereocenters. The van der Waals surface area contributed by atoms with Crippen molar-refractivity contribution < 1.29 is 14.6 Å². The van der Waals surface area contributed by atoms with E-state index in [0.717, 1.165) is 22.3 Å². The first-order valence-corrected chi connectivity index (χ1v) is 8.47. The van der Waals surface area contributed by atoms with Crippen LogP contribution in [0.2, 0.25) is 0 Å². The number of benzene rings is 2. The number of hydrogen-bond acceptors (Lipinski definition) is 5. The molecular formula is C20H21N3O3. The number of anilines is 1. The van der Waals surface area contributed by atoms with E-state index in [4.69, 9.17) is 14.8 Å². The topological polar surface area (TPSA) is 75.5 Å². The van der Waals surface area contributed by atoms with Crippen LogP contribution in [-0.4, -0.2) is 47.8 Å². The molecule has 0 aliphatic carbocycles. The third-order valence-electron chi connectivity index (χ3n) is 4.08. The maximum absolute atomic E-state index is 11.1. The Hall–Kier alpha value is -2.99. The minimum absolute atomic E-state index is 0.0305. The Morgan fingerprint density at radius 2 is 1.77 bits per heavy atom. The summed E-state index contributed by atoms with van der Waals surface area (Å²) < 4.78 is 5.20. The van der Waals surface area contributed by atoms with Gasteiger partial charge in [-0.05, 0) is 12.1 Å². The van der Waals surface area contributed by atoms with Crippen molar-refractivity contribution in [2.24, 2.45) is 0 Å². The predicted octanol–water partition coefficient (Wildman–Crippen LogP) is 3.22. The van der Waals surface area contributed by atoms with E-state index in [2.05, 4.69) is 4.98 Å². The fourth-order valence-electron chi connectivity index (χ4n) is 2.77. The summed E-state index contributed by atoms with van der Waals surface area (Å²) in [5.41, 5.74) is 1.75. The van der Waals surface area contributed by atoms with Gasteiger partial charge in [0.15, 0.2) is 5.82 Å². The molecule has 134 valence electrons. The first-order valence-electron chi connectivity index (χ1n) is 8.47. The van der Waals surface area contributed by atoms with Crippen LogP contribution in [0.4, 0.5) is 5.82 Å². The van der Waals surface area contributed by atoms with Crippen LogP contribution in [0.1, 0.15) is 6.42 Å². The summed E-state index contributed by atoms with van der Waals surface area (Å²) in [5, 5.41) is 9.99. The van der Waals surface area contributed by atoms with E-state index in [1.54, 1.807) is 7.11 Å². The normalized spacial score (nSPS) is 10.8. The van der Waals surface area contributed by atoms with Gasteiger partial charge in [-0.3, -0.25) is 4.79 Å². The third-order valence-corrected chi connectivity index (χ3v) is 4.08. The van der Waals surface area contributed by atoms with Crippen molar-refractivity contribution in [2.45, 2.75) is 6.42 Å². The van der Waals surface area contributed by atoms with E-state index in [1.807, 2.05) is 59.5 Å². The summed E-state index contributed by atoms with van der Waals surface area (Å²) in [6.07, 6.45) is 0.0305. The Balaban J connectivity index is 2.09. The van der Waals surface area contributed by atoms with E-state index in [9.17, 15) is 4.79 Å². The first-order chi connectivity index (χ1) is 12.7. The van der Waals surface area contributed by atoms with E-state index >= 15 is 0 Å². The number of fused-ring (bicyclic) bond motifs is 1. The zero-order valence-corrected chi connectivity index (χ0v) is 14.6. The summed E-state index contributed by atoms with van der Waals surface area (Å²) >= 11 is 0. The van der Waals surface area contributed by atoms with Crippen LogP contribution in [0.3, 0.4) is 0 Å². The second kappa shape index (κ2) is 8.40. The zero-order chi connectivity index (χ0) is 18.4. The molecule has 1 heterocycles. The van der Waals surface area contributed by atoms with E-state index in [-0.39, 0.29) is 6.42 Å². The van der Waals surface area contributed by atoms with Crippen LogP contribution in [0.5, 0.6) is 0 Å². The van der Waals surface area contributed by atoms with Gasteiger partial charge in [0.05, 0.1) is 18.5 Å². The first kappa shape index (κ1) is 17.8. The van der Waals surface area contributed by atoms with Crippen molar-refractivity contribution >= 4 is 22.7 Å². The number of para-hydroxylation sites is 1. The number of carbonyl (C=O) groups is 1. The Morgan fingerprint density at radius 3 is 2.50 bits per heavy atom. The predicted molar refractivity (Wildman–Crippen MR) is 101 cm³/mol. The molecule has 0 aliphatic heterocycles. The van der Waals surface area contributed by atoms with Gasteiger partial charge >= 0.3 is 5.97 Å². The highest BCUT2D eigenvalue weighted by molar-refractivity contribution is 5.91. The van der Waals surface area contributed by atoms with E-state index in [0.29, 0.717) is 25.5 Å². The highest BCUT2D eigenvalue weighted by atomic mass is 16.5. The summed E-state index contributed by atoms with van der Waals surface area (Å²) in [7, 11) is 1.63. The van der Waals surface area contributed by atoms with Crippen molar-refractivity contribution in [3.05, 3.63) is 54.6 Å². The fourth-order valence-corrected chi connectivity index (χ4v) is 2.77. The molecule has 0 fully saturated rings. The number of ether oxygens (including phenoxy) is 1. The molecule has 3 rings (SSSR count). The van der Waals surface area contributed by atoms with Gasteiger partial charge in [-0.25, -0.2) is 9.97 Å². The molecule has 0 bridgehead atoms. The molecule has 0 amide bonds. The van der Waals surface area contributed by atoms with Gasteiger partial charge in [0.2, 0.25) is 0 Å². The lowest BCUT2D eigenvalue weighted by molar-refractivity contribution is -0.136. The number of rotatable bonds is 8. The van der Waals surface area contributed by atoms with Crippen molar-refractivity contribution in [3.8, 4) is 11.4 Å².